The molecule has 0 aliphatic heterocycles. The van der Waals surface area contributed by atoms with E-state index in [1.54, 1.807) is 0 Å². The second-order valence-corrected chi connectivity index (χ2v) is 8.49. The molecule has 0 saturated heterocycles. The molecule has 0 amide bonds. The topological polar surface area (TPSA) is 0 Å². The van der Waals surface area contributed by atoms with E-state index in [0.717, 1.165) is 5.92 Å². The zero-order valence-corrected chi connectivity index (χ0v) is 17.3. The van der Waals surface area contributed by atoms with Gasteiger partial charge >= 0.3 is 0 Å². The third-order valence-electron chi connectivity index (χ3n) is 4.94. The van der Waals surface area contributed by atoms with Crippen LogP contribution < -0.4 is 0 Å². The Morgan fingerprint density at radius 3 is 1.79 bits per heavy atom. The lowest BCUT2D eigenvalue weighted by Gasteiger charge is -2.17. The number of hydrogen-bond acceptors (Lipinski definition) is 1. The maximum atomic E-state index is 2.31. The Balaban J connectivity index is 2.28. The number of benzene rings is 1. The summed E-state index contributed by atoms with van der Waals surface area (Å²) < 4.78 is 0. The van der Waals surface area contributed by atoms with Gasteiger partial charge in [0.1, 0.15) is 0 Å². The number of hydrogen-bond donors (Lipinski definition) is 0. The maximum absolute atomic E-state index is 2.31. The second kappa shape index (κ2) is 14.9. The van der Waals surface area contributed by atoms with E-state index in [0.29, 0.717) is 0 Å². The second-order valence-electron chi connectivity index (χ2n) is 7.40. The molecule has 1 unspecified atom stereocenters. The average molecular weight is 349 g/mol. The number of aryl methyl sites for hydroxylation is 1. The molecule has 0 bridgehead atoms. The van der Waals surface area contributed by atoms with Crippen molar-refractivity contribution in [1.29, 1.82) is 0 Å². The third-order valence-corrected chi connectivity index (χ3v) is 6.18. The molecule has 0 aliphatic rings. The van der Waals surface area contributed by atoms with Gasteiger partial charge in [-0.15, -0.1) is 11.8 Å². The summed E-state index contributed by atoms with van der Waals surface area (Å²) in [7, 11) is 0. The van der Waals surface area contributed by atoms with Gasteiger partial charge in [-0.1, -0.05) is 95.8 Å². The predicted molar refractivity (Wildman–Crippen MR) is 112 cm³/mol. The Kier molecular flexibility index (Phi) is 13.4. The molecule has 0 heterocycles. The Morgan fingerprint density at radius 2 is 1.21 bits per heavy atom. The summed E-state index contributed by atoms with van der Waals surface area (Å²) in [5.74, 6) is 2.23. The Bertz CT molecular complexity index is 382. The van der Waals surface area contributed by atoms with Crippen LogP contribution >= 0.6 is 11.8 Å². The molecule has 1 aromatic carbocycles. The quantitative estimate of drug-likeness (QED) is 0.226. The van der Waals surface area contributed by atoms with E-state index in [2.05, 4.69) is 56.8 Å². The molecule has 0 saturated carbocycles. The summed E-state index contributed by atoms with van der Waals surface area (Å²) in [6.07, 6.45) is 17.0. The summed E-state index contributed by atoms with van der Waals surface area (Å²) in [5, 5.41) is 0. The van der Waals surface area contributed by atoms with Crippen LogP contribution in [0.25, 0.3) is 0 Å². The number of thioether (sulfide) groups is 1. The van der Waals surface area contributed by atoms with Crippen molar-refractivity contribution in [2.24, 2.45) is 5.92 Å². The summed E-state index contributed by atoms with van der Waals surface area (Å²) >= 11 is 2.07. The monoisotopic (exact) mass is 348 g/mol. The minimum Gasteiger partial charge on any atom is -0.126 e. The minimum absolute atomic E-state index is 0.916. The summed E-state index contributed by atoms with van der Waals surface area (Å²) in [5.41, 5.74) is 1.36. The van der Waals surface area contributed by atoms with Crippen molar-refractivity contribution in [3.05, 3.63) is 29.8 Å². The van der Waals surface area contributed by atoms with Crippen molar-refractivity contribution in [3.63, 3.8) is 0 Å². The van der Waals surface area contributed by atoms with Crippen molar-refractivity contribution in [3.8, 4) is 0 Å². The van der Waals surface area contributed by atoms with E-state index in [1.165, 1.54) is 93.3 Å². The van der Waals surface area contributed by atoms with E-state index < -0.39 is 0 Å². The number of rotatable bonds is 15. The van der Waals surface area contributed by atoms with Gasteiger partial charge in [0.15, 0.2) is 0 Å². The van der Waals surface area contributed by atoms with Crippen molar-refractivity contribution >= 4 is 11.8 Å². The van der Waals surface area contributed by atoms with Crippen LogP contribution in [0, 0.1) is 12.8 Å². The Morgan fingerprint density at radius 1 is 0.708 bits per heavy atom. The predicted octanol–water partition coefficient (Wildman–Crippen LogP) is 8.42. The molecule has 0 fully saturated rings. The Hall–Kier alpha value is -0.430. The molecule has 138 valence electrons. The van der Waals surface area contributed by atoms with Crippen molar-refractivity contribution in [2.45, 2.75) is 103 Å². The lowest BCUT2D eigenvalue weighted by Crippen LogP contribution is -2.04. The van der Waals surface area contributed by atoms with Crippen LogP contribution in [0.15, 0.2) is 29.2 Å². The fourth-order valence-electron chi connectivity index (χ4n) is 3.23. The minimum atomic E-state index is 0.916. The highest BCUT2D eigenvalue weighted by atomic mass is 32.2. The van der Waals surface area contributed by atoms with Crippen molar-refractivity contribution in [1.82, 2.24) is 0 Å². The van der Waals surface area contributed by atoms with Gasteiger partial charge in [-0.05, 0) is 37.8 Å². The zero-order valence-electron chi connectivity index (χ0n) is 16.5. The fraction of sp³-hybridized carbons (Fsp3) is 0.739. The van der Waals surface area contributed by atoms with Crippen molar-refractivity contribution in [2.75, 3.05) is 5.75 Å². The highest BCUT2D eigenvalue weighted by Crippen LogP contribution is 2.27. The number of unbranched alkanes of at least 4 members (excludes halogenated alkanes) is 8. The van der Waals surface area contributed by atoms with Crippen LogP contribution in [-0.2, 0) is 0 Å². The van der Waals surface area contributed by atoms with Crippen LogP contribution in [0.5, 0.6) is 0 Å². The maximum Gasteiger partial charge on any atom is 0.00722 e. The molecule has 0 nitrogen and oxygen atoms in total. The molecule has 1 rings (SSSR count). The zero-order chi connectivity index (χ0) is 17.5. The summed E-state index contributed by atoms with van der Waals surface area (Å²) in [6.45, 7) is 6.78. The van der Waals surface area contributed by atoms with Crippen LogP contribution in [-0.4, -0.2) is 5.75 Å². The average Bonchev–Trinajstić information content (AvgIpc) is 2.60. The molecular weight excluding hydrogens is 308 g/mol. The van der Waals surface area contributed by atoms with Gasteiger partial charge in [0, 0.05) is 10.6 Å². The molecular formula is C23H40S. The van der Waals surface area contributed by atoms with Gasteiger partial charge in [-0.3, -0.25) is 0 Å². The molecule has 24 heavy (non-hydrogen) atoms. The van der Waals surface area contributed by atoms with E-state index in [9.17, 15) is 0 Å². The SMILES string of the molecule is CCCCCCCCC(CCCCCC)CSc1ccc(C)cc1. The molecule has 0 aliphatic carbocycles. The van der Waals surface area contributed by atoms with Gasteiger partial charge < -0.3 is 0 Å². The smallest absolute Gasteiger partial charge is 0.00722 e. The molecule has 0 spiro atoms. The van der Waals surface area contributed by atoms with E-state index >= 15 is 0 Å². The third kappa shape index (κ3) is 11.2. The van der Waals surface area contributed by atoms with Crippen LogP contribution in [0.1, 0.15) is 96.5 Å². The highest BCUT2D eigenvalue weighted by Gasteiger charge is 2.09. The van der Waals surface area contributed by atoms with E-state index in [-0.39, 0.29) is 0 Å². The first-order valence-electron chi connectivity index (χ1n) is 10.5. The first kappa shape index (κ1) is 21.6. The molecule has 1 heteroatoms. The van der Waals surface area contributed by atoms with Gasteiger partial charge in [0.05, 0.1) is 0 Å². The highest BCUT2D eigenvalue weighted by molar-refractivity contribution is 7.99. The lowest BCUT2D eigenvalue weighted by atomic mass is 9.96. The van der Waals surface area contributed by atoms with E-state index in [1.807, 2.05) is 0 Å². The molecule has 0 aromatic heterocycles. The summed E-state index contributed by atoms with van der Waals surface area (Å²) in [6, 6.07) is 9.07. The first-order valence-corrected chi connectivity index (χ1v) is 11.4. The van der Waals surface area contributed by atoms with Gasteiger partial charge in [0.2, 0.25) is 0 Å². The summed E-state index contributed by atoms with van der Waals surface area (Å²) in [4.78, 5) is 1.45. The first-order chi connectivity index (χ1) is 11.8. The molecule has 0 radical (unpaired) electrons. The van der Waals surface area contributed by atoms with E-state index in [4.69, 9.17) is 0 Å². The molecule has 1 aromatic rings. The van der Waals surface area contributed by atoms with Gasteiger partial charge in [0.25, 0.3) is 0 Å². The molecule has 0 N–H and O–H groups in total. The van der Waals surface area contributed by atoms with Crippen LogP contribution in [0.4, 0.5) is 0 Å². The fourth-order valence-corrected chi connectivity index (χ4v) is 4.32. The largest absolute Gasteiger partial charge is 0.126 e. The molecule has 1 atom stereocenters. The standard InChI is InChI=1S/C23H40S/c1-4-6-8-10-11-13-15-22(14-12-9-7-5-2)20-24-23-18-16-21(3)17-19-23/h16-19,22H,4-15,20H2,1-3H3. The van der Waals surface area contributed by atoms with Crippen LogP contribution in [0.3, 0.4) is 0 Å². The van der Waals surface area contributed by atoms with Gasteiger partial charge in [-0.25, -0.2) is 0 Å². The van der Waals surface area contributed by atoms with Gasteiger partial charge in [-0.2, -0.15) is 0 Å². The lowest BCUT2D eigenvalue weighted by molar-refractivity contribution is 0.440. The Labute approximate surface area is 156 Å². The van der Waals surface area contributed by atoms with Crippen molar-refractivity contribution < 1.29 is 0 Å². The normalized spacial score (nSPS) is 12.5. The van der Waals surface area contributed by atoms with Crippen LogP contribution in [0.2, 0.25) is 0 Å².